The fourth-order valence-electron chi connectivity index (χ4n) is 2.99. The van der Waals surface area contributed by atoms with E-state index in [1.165, 1.54) is 37.3 Å². The summed E-state index contributed by atoms with van der Waals surface area (Å²) in [5.74, 6) is -0.607. The third kappa shape index (κ3) is 3.44. The number of rotatable bonds is 6. The number of amides is 1. The quantitative estimate of drug-likeness (QED) is 0.605. The van der Waals surface area contributed by atoms with Crippen molar-refractivity contribution in [3.05, 3.63) is 70.9 Å². The highest BCUT2D eigenvalue weighted by Gasteiger charge is 2.36. The summed E-state index contributed by atoms with van der Waals surface area (Å²) in [7, 11) is 2.89. The number of nitrogens with zero attached hydrogens (tertiary/aromatic N) is 1. The second-order valence-electron chi connectivity index (χ2n) is 6.01. The van der Waals surface area contributed by atoms with E-state index in [1.807, 2.05) is 0 Å². The number of ether oxygens (including phenoxy) is 3. The van der Waals surface area contributed by atoms with Crippen molar-refractivity contribution in [2.45, 2.75) is 6.92 Å². The maximum absolute atomic E-state index is 14.3. The first-order chi connectivity index (χ1) is 13.5. The number of carbonyl (C=O) groups excluding carboxylic acids is 1. The summed E-state index contributed by atoms with van der Waals surface area (Å²) in [5.41, 5.74) is 1.06. The standard InChI is InChI=1S/C21H20FNO5/c1-13-20(28-12-26-2)15(11-14-7-6-10-18(27-3)19(14)24)21(25)23(13)17-9-5-4-8-16(17)22/h4-11,24H,12H2,1-3H3/b15-11-. The maximum atomic E-state index is 14.3. The maximum Gasteiger partial charge on any atom is 0.266 e. The number of phenols is 1. The summed E-state index contributed by atoms with van der Waals surface area (Å²) in [4.78, 5) is 14.4. The van der Waals surface area contributed by atoms with Crippen LogP contribution in [0.15, 0.2) is 59.5 Å². The molecule has 0 atom stereocenters. The number of benzene rings is 2. The van der Waals surface area contributed by atoms with Crippen molar-refractivity contribution >= 4 is 17.7 Å². The summed E-state index contributed by atoms with van der Waals surface area (Å²) in [6.07, 6.45) is 1.48. The van der Waals surface area contributed by atoms with Crippen LogP contribution in [0.3, 0.4) is 0 Å². The molecule has 1 aliphatic heterocycles. The van der Waals surface area contributed by atoms with Crippen LogP contribution in [0.1, 0.15) is 12.5 Å². The molecule has 0 aliphatic carbocycles. The van der Waals surface area contributed by atoms with Gasteiger partial charge in [0.1, 0.15) is 5.82 Å². The van der Waals surface area contributed by atoms with Gasteiger partial charge in [-0.3, -0.25) is 9.69 Å². The Morgan fingerprint density at radius 2 is 1.89 bits per heavy atom. The highest BCUT2D eigenvalue weighted by atomic mass is 19.1. The predicted octanol–water partition coefficient (Wildman–Crippen LogP) is 3.82. The van der Waals surface area contributed by atoms with Crippen LogP contribution in [-0.2, 0) is 14.3 Å². The van der Waals surface area contributed by atoms with Gasteiger partial charge in [0.25, 0.3) is 5.91 Å². The Labute approximate surface area is 162 Å². The zero-order chi connectivity index (χ0) is 20.3. The van der Waals surface area contributed by atoms with Gasteiger partial charge in [-0.25, -0.2) is 4.39 Å². The average Bonchev–Trinajstić information content (AvgIpc) is 2.92. The fourth-order valence-corrected chi connectivity index (χ4v) is 2.99. The third-order valence-electron chi connectivity index (χ3n) is 4.31. The number of para-hydroxylation sites is 2. The van der Waals surface area contributed by atoms with Gasteiger partial charge < -0.3 is 19.3 Å². The summed E-state index contributed by atoms with van der Waals surface area (Å²) in [5, 5.41) is 10.4. The normalized spacial score (nSPS) is 15.5. The van der Waals surface area contributed by atoms with Crippen molar-refractivity contribution in [2.75, 3.05) is 25.9 Å². The molecule has 0 spiro atoms. The Bertz CT molecular complexity index is 967. The molecule has 28 heavy (non-hydrogen) atoms. The molecule has 0 unspecified atom stereocenters. The van der Waals surface area contributed by atoms with Crippen LogP contribution in [0, 0.1) is 5.82 Å². The number of hydrogen-bond acceptors (Lipinski definition) is 5. The van der Waals surface area contributed by atoms with E-state index in [0.29, 0.717) is 11.3 Å². The van der Waals surface area contributed by atoms with Gasteiger partial charge >= 0.3 is 0 Å². The molecule has 0 saturated heterocycles. The van der Waals surface area contributed by atoms with Crippen LogP contribution in [-0.4, -0.2) is 32.0 Å². The van der Waals surface area contributed by atoms with E-state index in [4.69, 9.17) is 14.2 Å². The Kier molecular flexibility index (Phi) is 5.65. The molecule has 0 fully saturated rings. The number of methoxy groups -OCH3 is 2. The van der Waals surface area contributed by atoms with E-state index in [1.54, 1.807) is 37.3 Å². The predicted molar refractivity (Wildman–Crippen MR) is 102 cm³/mol. The number of allylic oxidation sites excluding steroid dienone is 1. The molecule has 1 heterocycles. The van der Waals surface area contributed by atoms with E-state index in [0.717, 1.165) is 0 Å². The second kappa shape index (κ2) is 8.14. The Balaban J connectivity index is 2.12. The highest BCUT2D eigenvalue weighted by molar-refractivity contribution is 6.16. The lowest BCUT2D eigenvalue weighted by atomic mass is 10.1. The van der Waals surface area contributed by atoms with Crippen molar-refractivity contribution in [1.82, 2.24) is 0 Å². The van der Waals surface area contributed by atoms with Gasteiger partial charge in [0.2, 0.25) is 0 Å². The summed E-state index contributed by atoms with van der Waals surface area (Å²) in [6, 6.07) is 10.9. The van der Waals surface area contributed by atoms with E-state index in [2.05, 4.69) is 0 Å². The molecule has 1 N–H and O–H groups in total. The van der Waals surface area contributed by atoms with Crippen molar-refractivity contribution < 1.29 is 28.5 Å². The molecule has 0 saturated carbocycles. The average molecular weight is 385 g/mol. The molecule has 1 amide bonds. The Hall–Kier alpha value is -3.32. The van der Waals surface area contributed by atoms with E-state index in [-0.39, 0.29) is 35.3 Å². The first-order valence-corrected chi connectivity index (χ1v) is 8.49. The molecule has 1 aliphatic rings. The Morgan fingerprint density at radius 1 is 1.14 bits per heavy atom. The van der Waals surface area contributed by atoms with Crippen LogP contribution in [0.2, 0.25) is 0 Å². The summed E-state index contributed by atoms with van der Waals surface area (Å²) < 4.78 is 30.0. The van der Waals surface area contributed by atoms with Gasteiger partial charge in [0.15, 0.2) is 24.1 Å². The van der Waals surface area contributed by atoms with Gasteiger partial charge in [-0.2, -0.15) is 0 Å². The lowest BCUT2D eigenvalue weighted by Crippen LogP contribution is -2.25. The molecule has 7 heteroatoms. The number of halogens is 1. The minimum atomic E-state index is -0.535. The van der Waals surface area contributed by atoms with Gasteiger partial charge in [0.05, 0.1) is 24.1 Å². The lowest BCUT2D eigenvalue weighted by Gasteiger charge is -2.18. The van der Waals surface area contributed by atoms with E-state index in [9.17, 15) is 14.3 Å². The van der Waals surface area contributed by atoms with Crippen LogP contribution in [0.25, 0.3) is 6.08 Å². The van der Waals surface area contributed by atoms with Crippen LogP contribution in [0.4, 0.5) is 10.1 Å². The van der Waals surface area contributed by atoms with Crippen molar-refractivity contribution in [2.24, 2.45) is 0 Å². The molecule has 146 valence electrons. The lowest BCUT2D eigenvalue weighted by molar-refractivity contribution is -0.114. The van der Waals surface area contributed by atoms with Gasteiger partial charge in [-0.15, -0.1) is 0 Å². The smallest absolute Gasteiger partial charge is 0.266 e. The van der Waals surface area contributed by atoms with Crippen LogP contribution < -0.4 is 9.64 Å². The second-order valence-corrected chi connectivity index (χ2v) is 6.01. The zero-order valence-corrected chi connectivity index (χ0v) is 15.7. The number of phenolic OH excluding ortho intramolecular Hbond substituents is 1. The minimum Gasteiger partial charge on any atom is -0.504 e. The number of aromatic hydroxyl groups is 1. The zero-order valence-electron chi connectivity index (χ0n) is 15.7. The molecule has 0 radical (unpaired) electrons. The largest absolute Gasteiger partial charge is 0.504 e. The number of anilines is 1. The molecule has 2 aromatic rings. The molecule has 0 aromatic heterocycles. The Morgan fingerprint density at radius 3 is 2.57 bits per heavy atom. The van der Waals surface area contributed by atoms with Gasteiger partial charge in [-0.1, -0.05) is 24.3 Å². The number of hydrogen-bond donors (Lipinski definition) is 1. The molecule has 2 aromatic carbocycles. The molecule has 0 bridgehead atoms. The third-order valence-corrected chi connectivity index (χ3v) is 4.31. The first kappa shape index (κ1) is 19.4. The highest BCUT2D eigenvalue weighted by Crippen LogP contribution is 2.38. The molecule has 6 nitrogen and oxygen atoms in total. The van der Waals surface area contributed by atoms with Gasteiger partial charge in [0, 0.05) is 12.7 Å². The van der Waals surface area contributed by atoms with Crippen molar-refractivity contribution in [3.63, 3.8) is 0 Å². The number of carbonyl (C=O) groups is 1. The first-order valence-electron chi connectivity index (χ1n) is 8.49. The van der Waals surface area contributed by atoms with Gasteiger partial charge in [-0.05, 0) is 31.2 Å². The minimum absolute atomic E-state index is 0.0908. The fraction of sp³-hybridized carbons (Fsp3) is 0.190. The van der Waals surface area contributed by atoms with E-state index < -0.39 is 11.7 Å². The molecular weight excluding hydrogens is 365 g/mol. The van der Waals surface area contributed by atoms with Crippen LogP contribution >= 0.6 is 0 Å². The molecule has 3 rings (SSSR count). The van der Waals surface area contributed by atoms with E-state index >= 15 is 0 Å². The van der Waals surface area contributed by atoms with Crippen molar-refractivity contribution in [1.29, 1.82) is 0 Å². The monoisotopic (exact) mass is 385 g/mol. The SMILES string of the molecule is COCOC1=C(C)N(c2ccccc2F)C(=O)/C1=C\c1cccc(OC)c1O. The summed E-state index contributed by atoms with van der Waals surface area (Å²) >= 11 is 0. The molecular formula is C21H20FNO5. The topological polar surface area (TPSA) is 68.2 Å². The summed E-state index contributed by atoms with van der Waals surface area (Å²) in [6.45, 7) is 1.56. The van der Waals surface area contributed by atoms with Crippen LogP contribution in [0.5, 0.6) is 11.5 Å². The van der Waals surface area contributed by atoms with Crippen molar-refractivity contribution in [3.8, 4) is 11.5 Å².